The third-order valence-corrected chi connectivity index (χ3v) is 5.17. The molecule has 0 aromatic carbocycles. The molecule has 0 saturated heterocycles. The third kappa shape index (κ3) is 4.73. The van der Waals surface area contributed by atoms with Crippen LogP contribution in [0.25, 0.3) is 0 Å². The van der Waals surface area contributed by atoms with E-state index in [0.29, 0.717) is 24.6 Å². The van der Waals surface area contributed by atoms with Gasteiger partial charge in [0, 0.05) is 25.2 Å². The Morgan fingerprint density at radius 1 is 0.895 bits per heavy atom. The molecule has 0 aromatic heterocycles. The molecule has 3 N–H and O–H groups in total. The number of nitrogens with zero attached hydrogens (tertiary/aromatic N) is 1. The van der Waals surface area contributed by atoms with Crippen molar-refractivity contribution in [1.29, 1.82) is 0 Å². The molecule has 2 saturated carbocycles. The molecular formula is C16H32N2O. The number of aliphatic hydroxyl groups is 1. The Balaban J connectivity index is 1.90. The average Bonchev–Trinajstić information content (AvgIpc) is 2.64. The Kier molecular flexibility index (Phi) is 6.62. The fraction of sp³-hybridized carbons (Fsp3) is 1.00. The molecule has 2 fully saturated rings. The molecule has 2 rings (SSSR count). The molecule has 2 aliphatic carbocycles. The molecule has 0 spiro atoms. The summed E-state index contributed by atoms with van der Waals surface area (Å²) in [6.07, 6.45) is 13.3. The predicted molar refractivity (Wildman–Crippen MR) is 80.1 cm³/mol. The Morgan fingerprint density at radius 3 is 2.21 bits per heavy atom. The average molecular weight is 268 g/mol. The van der Waals surface area contributed by atoms with Crippen molar-refractivity contribution in [1.82, 2.24) is 4.90 Å². The highest BCUT2D eigenvalue weighted by atomic mass is 16.3. The van der Waals surface area contributed by atoms with Crippen molar-refractivity contribution < 1.29 is 5.11 Å². The molecule has 2 atom stereocenters. The first-order valence-electron chi connectivity index (χ1n) is 8.41. The van der Waals surface area contributed by atoms with Gasteiger partial charge in [-0.05, 0) is 31.6 Å². The van der Waals surface area contributed by atoms with Crippen molar-refractivity contribution in [3.05, 3.63) is 0 Å². The van der Waals surface area contributed by atoms with E-state index in [2.05, 4.69) is 4.90 Å². The molecule has 0 aromatic rings. The molecule has 0 radical (unpaired) electrons. The second-order valence-corrected chi connectivity index (χ2v) is 6.57. The van der Waals surface area contributed by atoms with Gasteiger partial charge in [-0.1, -0.05) is 38.5 Å². The largest absolute Gasteiger partial charge is 0.395 e. The monoisotopic (exact) mass is 268 g/mol. The Morgan fingerprint density at radius 2 is 1.53 bits per heavy atom. The zero-order valence-corrected chi connectivity index (χ0v) is 12.4. The Labute approximate surface area is 118 Å². The molecule has 2 unspecified atom stereocenters. The molecule has 0 amide bonds. The van der Waals surface area contributed by atoms with Crippen LogP contribution in [0.3, 0.4) is 0 Å². The highest BCUT2D eigenvalue weighted by Gasteiger charge is 2.27. The molecule has 0 bridgehead atoms. The van der Waals surface area contributed by atoms with E-state index in [1.807, 2.05) is 0 Å². The molecule has 3 nitrogen and oxygen atoms in total. The third-order valence-electron chi connectivity index (χ3n) is 5.17. The van der Waals surface area contributed by atoms with Crippen LogP contribution in [-0.2, 0) is 0 Å². The van der Waals surface area contributed by atoms with E-state index >= 15 is 0 Å². The topological polar surface area (TPSA) is 49.5 Å². The minimum Gasteiger partial charge on any atom is -0.395 e. The zero-order chi connectivity index (χ0) is 13.5. The predicted octanol–water partition coefficient (Wildman–Crippen LogP) is 2.52. The van der Waals surface area contributed by atoms with Crippen molar-refractivity contribution in [3.63, 3.8) is 0 Å². The fourth-order valence-electron chi connectivity index (χ4n) is 3.94. The maximum Gasteiger partial charge on any atom is 0.0558 e. The van der Waals surface area contributed by atoms with Gasteiger partial charge in [0.1, 0.15) is 0 Å². The van der Waals surface area contributed by atoms with E-state index in [9.17, 15) is 5.11 Å². The van der Waals surface area contributed by atoms with E-state index in [1.165, 1.54) is 64.2 Å². The zero-order valence-electron chi connectivity index (χ0n) is 12.4. The van der Waals surface area contributed by atoms with E-state index in [4.69, 9.17) is 5.73 Å². The molecule has 0 aliphatic heterocycles. The highest BCUT2D eigenvalue weighted by molar-refractivity contribution is 4.83. The van der Waals surface area contributed by atoms with Crippen LogP contribution in [0.1, 0.15) is 64.2 Å². The summed E-state index contributed by atoms with van der Waals surface area (Å²) >= 11 is 0. The smallest absolute Gasteiger partial charge is 0.0558 e. The summed E-state index contributed by atoms with van der Waals surface area (Å²) in [4.78, 5) is 2.55. The summed E-state index contributed by atoms with van der Waals surface area (Å²) < 4.78 is 0. The van der Waals surface area contributed by atoms with Crippen LogP contribution in [-0.4, -0.2) is 41.8 Å². The molecule has 2 aliphatic rings. The summed E-state index contributed by atoms with van der Waals surface area (Å²) in [6, 6.07) is 1.09. The summed E-state index contributed by atoms with van der Waals surface area (Å²) in [5, 5.41) is 9.35. The number of nitrogens with two attached hydrogens (primary N) is 1. The van der Waals surface area contributed by atoms with Crippen LogP contribution in [0.5, 0.6) is 0 Å². The van der Waals surface area contributed by atoms with Gasteiger partial charge in [0.2, 0.25) is 0 Å². The van der Waals surface area contributed by atoms with Crippen LogP contribution < -0.4 is 5.73 Å². The van der Waals surface area contributed by atoms with Gasteiger partial charge in [-0.25, -0.2) is 0 Å². The van der Waals surface area contributed by atoms with Gasteiger partial charge in [-0.15, -0.1) is 0 Å². The summed E-state index contributed by atoms with van der Waals surface area (Å²) in [7, 11) is 0. The van der Waals surface area contributed by atoms with Crippen LogP contribution in [0.15, 0.2) is 0 Å². The van der Waals surface area contributed by atoms with Crippen LogP contribution in [0.2, 0.25) is 0 Å². The van der Waals surface area contributed by atoms with Gasteiger partial charge >= 0.3 is 0 Å². The van der Waals surface area contributed by atoms with Crippen molar-refractivity contribution in [2.75, 3.05) is 19.7 Å². The number of aliphatic hydroxyl groups excluding tert-OH is 1. The standard InChI is InChI=1S/C16H32N2O/c17-16-10-6-1-3-7-14(16)13-18(11-12-19)15-8-4-2-5-9-15/h14-16,19H,1-13,17H2. The Hall–Kier alpha value is -0.120. The molecule has 112 valence electrons. The van der Waals surface area contributed by atoms with Crippen molar-refractivity contribution in [3.8, 4) is 0 Å². The van der Waals surface area contributed by atoms with E-state index in [-0.39, 0.29) is 0 Å². The Bertz CT molecular complexity index is 241. The molecule has 19 heavy (non-hydrogen) atoms. The molecule has 3 heteroatoms. The first-order chi connectivity index (χ1) is 9.31. The van der Waals surface area contributed by atoms with Gasteiger partial charge in [0.05, 0.1) is 6.61 Å². The molecule has 0 heterocycles. The maximum absolute atomic E-state index is 9.35. The fourth-order valence-corrected chi connectivity index (χ4v) is 3.94. The minimum atomic E-state index is 0.290. The van der Waals surface area contributed by atoms with Gasteiger partial charge in [-0.3, -0.25) is 4.90 Å². The lowest BCUT2D eigenvalue weighted by Gasteiger charge is -2.37. The van der Waals surface area contributed by atoms with E-state index < -0.39 is 0 Å². The highest BCUT2D eigenvalue weighted by Crippen LogP contribution is 2.27. The lowest BCUT2D eigenvalue weighted by molar-refractivity contribution is 0.0985. The second kappa shape index (κ2) is 8.23. The second-order valence-electron chi connectivity index (χ2n) is 6.57. The summed E-state index contributed by atoms with van der Waals surface area (Å²) in [6.45, 7) is 2.25. The number of hydrogen-bond acceptors (Lipinski definition) is 3. The quantitative estimate of drug-likeness (QED) is 0.753. The first kappa shape index (κ1) is 15.3. The minimum absolute atomic E-state index is 0.290. The van der Waals surface area contributed by atoms with Gasteiger partial charge in [0.15, 0.2) is 0 Å². The first-order valence-corrected chi connectivity index (χ1v) is 8.41. The van der Waals surface area contributed by atoms with Gasteiger partial charge < -0.3 is 10.8 Å². The number of rotatable bonds is 5. The van der Waals surface area contributed by atoms with Crippen LogP contribution >= 0.6 is 0 Å². The van der Waals surface area contributed by atoms with Gasteiger partial charge in [0.25, 0.3) is 0 Å². The summed E-state index contributed by atoms with van der Waals surface area (Å²) in [5.74, 6) is 0.649. The summed E-state index contributed by atoms with van der Waals surface area (Å²) in [5.41, 5.74) is 6.36. The van der Waals surface area contributed by atoms with Crippen LogP contribution in [0, 0.1) is 5.92 Å². The normalized spacial score (nSPS) is 30.5. The lowest BCUT2D eigenvalue weighted by Crippen LogP contribution is -2.45. The van der Waals surface area contributed by atoms with Crippen molar-refractivity contribution in [2.24, 2.45) is 11.7 Å². The van der Waals surface area contributed by atoms with Crippen molar-refractivity contribution in [2.45, 2.75) is 76.3 Å². The lowest BCUT2D eigenvalue weighted by atomic mass is 9.90. The van der Waals surface area contributed by atoms with Crippen molar-refractivity contribution >= 4 is 0 Å². The van der Waals surface area contributed by atoms with E-state index in [1.54, 1.807) is 0 Å². The maximum atomic E-state index is 9.35. The van der Waals surface area contributed by atoms with E-state index in [0.717, 1.165) is 13.1 Å². The number of hydrogen-bond donors (Lipinski definition) is 2. The van der Waals surface area contributed by atoms with Crippen LogP contribution in [0.4, 0.5) is 0 Å². The SMILES string of the molecule is NC1CCCCCC1CN(CCO)C1CCCCC1. The van der Waals surface area contributed by atoms with Gasteiger partial charge in [-0.2, -0.15) is 0 Å². The molecular weight excluding hydrogens is 236 g/mol.